The van der Waals surface area contributed by atoms with Gasteiger partial charge in [0.05, 0.1) is 10.5 Å². The van der Waals surface area contributed by atoms with E-state index < -0.39 is 22.2 Å². The first kappa shape index (κ1) is 41.1. The zero-order valence-electron chi connectivity index (χ0n) is 30.0. The van der Waals surface area contributed by atoms with Crippen molar-refractivity contribution < 1.29 is 14.5 Å². The van der Waals surface area contributed by atoms with Crippen LogP contribution in [0.2, 0.25) is 0 Å². The summed E-state index contributed by atoms with van der Waals surface area (Å²) in [6, 6.07) is 19.2. The summed E-state index contributed by atoms with van der Waals surface area (Å²) in [5.41, 5.74) is 4.05. The van der Waals surface area contributed by atoms with Crippen LogP contribution in [-0.2, 0) is 10.3 Å². The SMILES string of the molecule is CC.CC.CC.Cc1ccc([N+](=O)[O-])c(Nc2ccc(C3(NC(=O)OC(C)(C)C)CCC3)cc2)n1.Cc1cccc(C(C)C)c1. The molecule has 0 saturated heterocycles. The molecule has 3 aromatic rings. The molecule has 0 aliphatic heterocycles. The Bertz CT molecular complexity index is 1290. The maximum Gasteiger partial charge on any atom is 0.408 e. The molecular weight excluding hydrogens is 564 g/mol. The molecule has 0 atom stereocenters. The largest absolute Gasteiger partial charge is 0.444 e. The Kier molecular flexibility index (Phi) is 18.4. The maximum atomic E-state index is 12.3. The summed E-state index contributed by atoms with van der Waals surface area (Å²) in [6.07, 6.45) is 2.27. The highest BCUT2D eigenvalue weighted by atomic mass is 16.6. The van der Waals surface area contributed by atoms with Gasteiger partial charge in [-0.3, -0.25) is 10.1 Å². The van der Waals surface area contributed by atoms with Gasteiger partial charge in [0.25, 0.3) is 0 Å². The van der Waals surface area contributed by atoms with Crippen LogP contribution in [-0.4, -0.2) is 21.6 Å². The van der Waals surface area contributed by atoms with Crippen LogP contribution in [0.15, 0.2) is 60.7 Å². The molecule has 1 amide bonds. The highest BCUT2D eigenvalue weighted by molar-refractivity contribution is 5.70. The second kappa shape index (κ2) is 20.2. The van der Waals surface area contributed by atoms with Crippen molar-refractivity contribution in [3.05, 3.63) is 93.2 Å². The Morgan fingerprint density at radius 3 is 1.93 bits per heavy atom. The molecule has 4 rings (SSSR count). The number of benzene rings is 2. The summed E-state index contributed by atoms with van der Waals surface area (Å²) in [5.74, 6) is 0.855. The molecule has 8 nitrogen and oxygen atoms in total. The predicted molar refractivity (Wildman–Crippen MR) is 190 cm³/mol. The van der Waals surface area contributed by atoms with E-state index in [9.17, 15) is 14.9 Å². The zero-order chi connectivity index (χ0) is 34.8. The van der Waals surface area contributed by atoms with Crippen molar-refractivity contribution >= 4 is 23.3 Å². The van der Waals surface area contributed by atoms with E-state index in [0.717, 1.165) is 24.8 Å². The van der Waals surface area contributed by atoms with Crippen LogP contribution in [0.25, 0.3) is 0 Å². The average Bonchev–Trinajstić information content (AvgIpc) is 2.98. The van der Waals surface area contributed by atoms with Crippen LogP contribution in [0.3, 0.4) is 0 Å². The first-order valence-corrected chi connectivity index (χ1v) is 16.4. The Morgan fingerprint density at radius 2 is 1.51 bits per heavy atom. The molecule has 1 aromatic heterocycles. The van der Waals surface area contributed by atoms with E-state index in [1.54, 1.807) is 13.0 Å². The number of carbonyl (C=O) groups is 1. The monoisotopic (exact) mass is 622 g/mol. The lowest BCUT2D eigenvalue weighted by Crippen LogP contribution is -2.52. The molecular formula is C37H58N4O4. The molecule has 0 spiro atoms. The molecule has 45 heavy (non-hydrogen) atoms. The quantitative estimate of drug-likeness (QED) is 0.209. The summed E-state index contributed by atoms with van der Waals surface area (Å²) in [7, 11) is 0. The van der Waals surface area contributed by atoms with Crippen molar-refractivity contribution in [2.75, 3.05) is 5.32 Å². The third kappa shape index (κ3) is 13.7. The van der Waals surface area contributed by atoms with Crippen LogP contribution >= 0.6 is 0 Å². The van der Waals surface area contributed by atoms with Gasteiger partial charge in [-0.25, -0.2) is 9.78 Å². The van der Waals surface area contributed by atoms with E-state index >= 15 is 0 Å². The highest BCUT2D eigenvalue weighted by Crippen LogP contribution is 2.42. The first-order valence-electron chi connectivity index (χ1n) is 16.4. The van der Waals surface area contributed by atoms with E-state index in [0.29, 0.717) is 17.3 Å². The lowest BCUT2D eigenvalue weighted by molar-refractivity contribution is -0.384. The van der Waals surface area contributed by atoms with Crippen molar-refractivity contribution in [3.8, 4) is 0 Å². The Labute approximate surface area is 272 Å². The topological polar surface area (TPSA) is 106 Å². The molecule has 1 heterocycles. The van der Waals surface area contributed by atoms with Crippen molar-refractivity contribution in [2.24, 2.45) is 0 Å². The van der Waals surface area contributed by atoms with Crippen molar-refractivity contribution in [1.82, 2.24) is 10.3 Å². The fraction of sp³-hybridized carbons (Fsp3) is 0.514. The molecule has 8 heteroatoms. The Morgan fingerprint density at radius 1 is 0.933 bits per heavy atom. The molecule has 1 fully saturated rings. The fourth-order valence-electron chi connectivity index (χ4n) is 4.34. The molecule has 1 aliphatic carbocycles. The minimum Gasteiger partial charge on any atom is -0.444 e. The third-order valence-corrected chi connectivity index (χ3v) is 6.57. The molecule has 2 N–H and O–H groups in total. The van der Waals surface area contributed by atoms with E-state index in [1.807, 2.05) is 86.6 Å². The van der Waals surface area contributed by atoms with Gasteiger partial charge in [-0.1, -0.05) is 97.4 Å². The lowest BCUT2D eigenvalue weighted by Gasteiger charge is -2.43. The molecule has 1 saturated carbocycles. The number of hydrogen-bond donors (Lipinski definition) is 2. The normalized spacial score (nSPS) is 12.5. The average molecular weight is 623 g/mol. The van der Waals surface area contributed by atoms with Crippen LogP contribution in [0.4, 0.5) is 22.0 Å². The molecule has 250 valence electrons. The summed E-state index contributed by atoms with van der Waals surface area (Å²) in [4.78, 5) is 27.3. The zero-order valence-corrected chi connectivity index (χ0v) is 30.0. The first-order chi connectivity index (χ1) is 21.3. The minimum atomic E-state index is -0.557. The molecule has 2 aromatic carbocycles. The summed E-state index contributed by atoms with van der Waals surface area (Å²) in [5, 5.41) is 17.3. The highest BCUT2D eigenvalue weighted by Gasteiger charge is 2.41. The van der Waals surface area contributed by atoms with Gasteiger partial charge in [-0.2, -0.15) is 0 Å². The predicted octanol–water partition coefficient (Wildman–Crippen LogP) is 11.1. The second-order valence-electron chi connectivity index (χ2n) is 11.4. The van der Waals surface area contributed by atoms with Crippen molar-refractivity contribution in [2.45, 2.75) is 126 Å². The summed E-state index contributed by atoms with van der Waals surface area (Å²) < 4.78 is 5.41. The van der Waals surface area contributed by atoms with E-state index in [1.165, 1.54) is 17.2 Å². The smallest absolute Gasteiger partial charge is 0.408 e. The fourth-order valence-corrected chi connectivity index (χ4v) is 4.34. The summed E-state index contributed by atoms with van der Waals surface area (Å²) >= 11 is 0. The van der Waals surface area contributed by atoms with Gasteiger partial charge in [0.1, 0.15) is 5.60 Å². The van der Waals surface area contributed by atoms with Gasteiger partial charge in [0.15, 0.2) is 0 Å². The summed E-state index contributed by atoms with van der Waals surface area (Å²) in [6.45, 7) is 25.8. The number of aryl methyl sites for hydroxylation is 2. The Hall–Kier alpha value is -3.94. The minimum absolute atomic E-state index is 0.0817. The van der Waals surface area contributed by atoms with Gasteiger partial charge in [-0.05, 0) is 89.1 Å². The Balaban J connectivity index is 0.00000101. The van der Waals surface area contributed by atoms with Gasteiger partial charge in [0.2, 0.25) is 5.82 Å². The van der Waals surface area contributed by atoms with Crippen LogP contribution in [0, 0.1) is 24.0 Å². The number of hydrogen-bond acceptors (Lipinski definition) is 6. The van der Waals surface area contributed by atoms with Gasteiger partial charge >= 0.3 is 11.8 Å². The standard InChI is InChI=1S/C21H26N4O4.C10H14.3C2H6/c1-14-6-11-17(25(27)28)18(22-14)23-16-9-7-15(8-10-16)21(12-5-13-21)24-19(26)29-20(2,3)4;1-8(2)10-6-4-5-9(3)7-10;3*1-2/h6-11H,5,12-13H2,1-4H3,(H,22,23)(H,24,26);4-8H,1-3H3;3*1-2H3. The number of nitrogens with one attached hydrogen (secondary N) is 2. The number of rotatable bonds is 6. The van der Waals surface area contributed by atoms with E-state index in [-0.39, 0.29) is 11.5 Å². The number of alkyl carbamates (subject to hydrolysis) is 1. The van der Waals surface area contributed by atoms with Crippen LogP contribution in [0.5, 0.6) is 0 Å². The number of carbonyl (C=O) groups excluding carboxylic acids is 1. The lowest BCUT2D eigenvalue weighted by atomic mass is 9.72. The number of ether oxygens (including phenoxy) is 1. The number of aromatic nitrogens is 1. The molecule has 0 bridgehead atoms. The number of anilines is 2. The van der Waals surface area contributed by atoms with Crippen molar-refractivity contribution in [3.63, 3.8) is 0 Å². The number of amides is 1. The molecule has 0 radical (unpaired) electrons. The van der Waals surface area contributed by atoms with Gasteiger partial charge in [-0.15, -0.1) is 0 Å². The number of nitro groups is 1. The van der Waals surface area contributed by atoms with Gasteiger partial charge < -0.3 is 15.4 Å². The second-order valence-corrected chi connectivity index (χ2v) is 11.4. The van der Waals surface area contributed by atoms with E-state index in [2.05, 4.69) is 60.7 Å². The van der Waals surface area contributed by atoms with Crippen LogP contribution in [0.1, 0.15) is 124 Å². The van der Waals surface area contributed by atoms with Gasteiger partial charge in [0, 0.05) is 17.4 Å². The van der Waals surface area contributed by atoms with Crippen LogP contribution < -0.4 is 10.6 Å². The van der Waals surface area contributed by atoms with E-state index in [4.69, 9.17) is 4.74 Å². The molecule has 0 unspecified atom stereocenters. The molecule has 1 aliphatic rings. The number of nitrogens with zero attached hydrogens (tertiary/aromatic N) is 2. The maximum absolute atomic E-state index is 12.3. The van der Waals surface area contributed by atoms with Crippen molar-refractivity contribution in [1.29, 1.82) is 0 Å². The third-order valence-electron chi connectivity index (χ3n) is 6.57. The number of pyridine rings is 1.